The van der Waals surface area contributed by atoms with Gasteiger partial charge in [-0.2, -0.15) is 0 Å². The van der Waals surface area contributed by atoms with E-state index in [0.717, 1.165) is 24.4 Å². The molecular weight excluding hydrogens is 224 g/mol. The molecule has 1 aromatic carbocycles. The summed E-state index contributed by atoms with van der Waals surface area (Å²) in [6, 6.07) is 8.31. The third-order valence-corrected chi connectivity index (χ3v) is 3.74. The third kappa shape index (κ3) is 2.36. The van der Waals surface area contributed by atoms with Gasteiger partial charge in [0.2, 0.25) is 0 Å². The van der Waals surface area contributed by atoms with Gasteiger partial charge in [0.25, 0.3) is 0 Å². The molecule has 0 aliphatic carbocycles. The number of ether oxygens (including phenoxy) is 1. The lowest BCUT2D eigenvalue weighted by Gasteiger charge is -2.32. The maximum atomic E-state index is 6.04. The predicted molar refractivity (Wildman–Crippen MR) is 73.8 cm³/mol. The molecule has 1 atom stereocenters. The van der Waals surface area contributed by atoms with Crippen LogP contribution in [0.5, 0.6) is 5.75 Å². The van der Waals surface area contributed by atoms with Crippen LogP contribution in [-0.2, 0) is 0 Å². The van der Waals surface area contributed by atoms with Crippen molar-refractivity contribution in [3.8, 4) is 5.75 Å². The Kier molecular flexibility index (Phi) is 3.24. The van der Waals surface area contributed by atoms with Crippen molar-refractivity contribution >= 4 is 10.9 Å². The smallest absolute Gasteiger partial charge is 0.149 e. The second kappa shape index (κ2) is 5.02. The van der Waals surface area contributed by atoms with Crippen molar-refractivity contribution in [3.63, 3.8) is 0 Å². The number of aromatic nitrogens is 1. The molecule has 3 heteroatoms. The van der Waals surface area contributed by atoms with E-state index in [9.17, 15) is 0 Å². The summed E-state index contributed by atoms with van der Waals surface area (Å²) in [5.74, 6) is 0.947. The number of nitrogens with one attached hydrogen (secondary N) is 1. The number of piperidine rings is 1. The van der Waals surface area contributed by atoms with Crippen LogP contribution in [0.1, 0.15) is 26.2 Å². The number of benzene rings is 1. The molecule has 3 rings (SSSR count). The molecule has 1 aliphatic heterocycles. The number of nitrogens with zero attached hydrogens (tertiary/aromatic N) is 1. The molecule has 96 valence electrons. The van der Waals surface area contributed by atoms with E-state index < -0.39 is 0 Å². The summed E-state index contributed by atoms with van der Waals surface area (Å²) in [5, 5.41) is 1.23. The van der Waals surface area contributed by atoms with E-state index in [0.29, 0.717) is 0 Å². The average Bonchev–Trinajstić information content (AvgIpc) is 2.87. The molecule has 0 bridgehead atoms. The monoisotopic (exact) mass is 244 g/mol. The first-order valence-electron chi connectivity index (χ1n) is 6.81. The van der Waals surface area contributed by atoms with Crippen molar-refractivity contribution in [3.05, 3.63) is 30.5 Å². The Bertz CT molecular complexity index is 514. The Hall–Kier alpha value is -1.48. The summed E-state index contributed by atoms with van der Waals surface area (Å²) >= 11 is 0. The fourth-order valence-electron chi connectivity index (χ4n) is 2.65. The van der Waals surface area contributed by atoms with E-state index in [2.05, 4.69) is 41.1 Å². The van der Waals surface area contributed by atoms with Crippen molar-refractivity contribution in [2.75, 3.05) is 13.1 Å². The predicted octanol–water partition coefficient (Wildman–Crippen LogP) is 3.38. The molecule has 0 saturated carbocycles. The number of H-pyrrole nitrogens is 1. The van der Waals surface area contributed by atoms with Crippen LogP contribution in [0, 0.1) is 0 Å². The molecule has 1 unspecified atom stereocenters. The lowest BCUT2D eigenvalue weighted by Crippen LogP contribution is -2.40. The van der Waals surface area contributed by atoms with Gasteiger partial charge in [0.1, 0.15) is 12.0 Å². The van der Waals surface area contributed by atoms with Gasteiger partial charge in [-0.05, 0) is 43.4 Å². The topological polar surface area (TPSA) is 28.3 Å². The number of aromatic amines is 1. The van der Waals surface area contributed by atoms with Gasteiger partial charge in [-0.1, -0.05) is 6.42 Å². The van der Waals surface area contributed by atoms with Gasteiger partial charge in [0, 0.05) is 30.9 Å². The summed E-state index contributed by atoms with van der Waals surface area (Å²) < 4.78 is 6.04. The largest absolute Gasteiger partial charge is 0.475 e. The molecule has 1 fully saturated rings. The highest BCUT2D eigenvalue weighted by Crippen LogP contribution is 2.22. The lowest BCUT2D eigenvalue weighted by atomic mass is 10.1. The molecule has 18 heavy (non-hydrogen) atoms. The summed E-state index contributed by atoms with van der Waals surface area (Å²) in [5.41, 5.74) is 1.14. The lowest BCUT2D eigenvalue weighted by molar-refractivity contribution is 0.0263. The van der Waals surface area contributed by atoms with Crippen molar-refractivity contribution in [1.29, 1.82) is 0 Å². The summed E-state index contributed by atoms with van der Waals surface area (Å²) in [6.45, 7) is 4.46. The minimum Gasteiger partial charge on any atom is -0.475 e. The highest BCUT2D eigenvalue weighted by Gasteiger charge is 2.17. The van der Waals surface area contributed by atoms with Crippen molar-refractivity contribution in [1.82, 2.24) is 9.88 Å². The van der Waals surface area contributed by atoms with E-state index in [1.54, 1.807) is 0 Å². The van der Waals surface area contributed by atoms with E-state index in [-0.39, 0.29) is 6.23 Å². The highest BCUT2D eigenvalue weighted by atomic mass is 16.5. The number of hydrogen-bond acceptors (Lipinski definition) is 2. The standard InChI is InChI=1S/C15H20N2O/c1-12(17-9-3-2-4-10-17)18-14-6-5-13-7-8-16-15(13)11-14/h5-8,11-12,16H,2-4,9-10H2,1H3. The van der Waals surface area contributed by atoms with Crippen LogP contribution in [0.3, 0.4) is 0 Å². The summed E-state index contributed by atoms with van der Waals surface area (Å²) in [4.78, 5) is 5.64. The van der Waals surface area contributed by atoms with Crippen molar-refractivity contribution in [2.24, 2.45) is 0 Å². The van der Waals surface area contributed by atoms with E-state index in [4.69, 9.17) is 4.74 Å². The number of fused-ring (bicyclic) bond motifs is 1. The molecular formula is C15H20N2O. The quantitative estimate of drug-likeness (QED) is 0.896. The molecule has 3 nitrogen and oxygen atoms in total. The molecule has 1 aliphatic rings. The summed E-state index contributed by atoms with van der Waals surface area (Å²) in [6.07, 6.45) is 6.07. The molecule has 0 radical (unpaired) electrons. The van der Waals surface area contributed by atoms with Crippen LogP contribution in [0.4, 0.5) is 0 Å². The minimum atomic E-state index is 0.165. The number of rotatable bonds is 3. The fraction of sp³-hybridized carbons (Fsp3) is 0.467. The zero-order valence-corrected chi connectivity index (χ0v) is 10.9. The zero-order valence-electron chi connectivity index (χ0n) is 10.9. The molecule has 1 saturated heterocycles. The first-order chi connectivity index (χ1) is 8.83. The van der Waals surface area contributed by atoms with Crippen LogP contribution in [-0.4, -0.2) is 29.2 Å². The van der Waals surface area contributed by atoms with Crippen LogP contribution in [0.2, 0.25) is 0 Å². The van der Waals surface area contributed by atoms with Gasteiger partial charge in [-0.15, -0.1) is 0 Å². The van der Waals surface area contributed by atoms with Crippen LogP contribution in [0.15, 0.2) is 30.5 Å². The van der Waals surface area contributed by atoms with Crippen LogP contribution in [0.25, 0.3) is 10.9 Å². The Balaban J connectivity index is 1.70. The van der Waals surface area contributed by atoms with Gasteiger partial charge < -0.3 is 9.72 Å². The molecule has 0 spiro atoms. The maximum Gasteiger partial charge on any atom is 0.149 e. The van der Waals surface area contributed by atoms with E-state index >= 15 is 0 Å². The fourth-order valence-corrected chi connectivity index (χ4v) is 2.65. The molecule has 1 aromatic heterocycles. The number of hydrogen-bond donors (Lipinski definition) is 1. The Morgan fingerprint density at radius 3 is 2.83 bits per heavy atom. The minimum absolute atomic E-state index is 0.165. The normalized spacial score (nSPS) is 18.9. The van der Waals surface area contributed by atoms with Gasteiger partial charge in [0.15, 0.2) is 0 Å². The van der Waals surface area contributed by atoms with Gasteiger partial charge in [-0.25, -0.2) is 0 Å². The van der Waals surface area contributed by atoms with Crippen LogP contribution < -0.4 is 4.74 Å². The van der Waals surface area contributed by atoms with E-state index in [1.807, 2.05) is 6.20 Å². The Labute approximate surface area is 108 Å². The number of likely N-dealkylation sites (tertiary alicyclic amines) is 1. The van der Waals surface area contributed by atoms with Crippen molar-refractivity contribution in [2.45, 2.75) is 32.4 Å². The molecule has 2 heterocycles. The zero-order chi connectivity index (χ0) is 12.4. The van der Waals surface area contributed by atoms with E-state index in [1.165, 1.54) is 24.6 Å². The average molecular weight is 244 g/mol. The first kappa shape index (κ1) is 11.6. The maximum absolute atomic E-state index is 6.04. The van der Waals surface area contributed by atoms with Gasteiger partial charge >= 0.3 is 0 Å². The second-order valence-corrected chi connectivity index (χ2v) is 5.04. The Morgan fingerprint density at radius 2 is 2.00 bits per heavy atom. The second-order valence-electron chi connectivity index (χ2n) is 5.04. The molecule has 1 N–H and O–H groups in total. The SMILES string of the molecule is CC(Oc1ccc2cc[nH]c2c1)N1CCCCC1. The summed E-state index contributed by atoms with van der Waals surface area (Å²) in [7, 11) is 0. The van der Waals surface area contributed by atoms with Gasteiger partial charge in [0.05, 0.1) is 0 Å². The third-order valence-electron chi connectivity index (χ3n) is 3.74. The van der Waals surface area contributed by atoms with Crippen LogP contribution >= 0.6 is 0 Å². The van der Waals surface area contributed by atoms with Crippen molar-refractivity contribution < 1.29 is 4.74 Å². The molecule has 2 aromatic rings. The van der Waals surface area contributed by atoms with Gasteiger partial charge in [-0.3, -0.25) is 4.90 Å². The molecule has 0 amide bonds. The highest BCUT2D eigenvalue weighted by molar-refractivity contribution is 5.80. The Morgan fingerprint density at radius 1 is 1.17 bits per heavy atom. The first-order valence-corrected chi connectivity index (χ1v) is 6.81.